The minimum atomic E-state index is -0.256. The molecule has 0 heterocycles. The Balaban J connectivity index is 2.33. The van der Waals surface area contributed by atoms with E-state index in [1.54, 1.807) is 24.3 Å². The summed E-state index contributed by atoms with van der Waals surface area (Å²) in [5, 5.41) is 3.31. The molecule has 1 nitrogen and oxygen atoms in total. The van der Waals surface area contributed by atoms with Gasteiger partial charge in [0.05, 0.1) is 6.04 Å². The van der Waals surface area contributed by atoms with E-state index in [0.717, 1.165) is 17.7 Å². The van der Waals surface area contributed by atoms with E-state index >= 15 is 0 Å². The summed E-state index contributed by atoms with van der Waals surface area (Å²) in [4.78, 5) is 0. The van der Waals surface area contributed by atoms with Crippen molar-refractivity contribution in [3.8, 4) is 0 Å². The largest absolute Gasteiger partial charge is 0.307 e. The van der Waals surface area contributed by atoms with Crippen LogP contribution in [0.25, 0.3) is 0 Å². The van der Waals surface area contributed by atoms with Gasteiger partial charge in [0.15, 0.2) is 0 Å². The Hall–Kier alpha value is -1.74. The Bertz CT molecular complexity index is 445. The molecule has 0 saturated carbocycles. The fourth-order valence-corrected chi connectivity index (χ4v) is 1.94. The highest BCUT2D eigenvalue weighted by atomic mass is 19.1. The van der Waals surface area contributed by atoms with Gasteiger partial charge in [0.2, 0.25) is 0 Å². The first-order valence-electron chi connectivity index (χ1n) is 5.95. The SMILES string of the molecule is CCNC(c1ccc(F)cc1)c1ccc(F)cc1. The average Bonchev–Trinajstić information content (AvgIpc) is 2.39. The first kappa shape index (κ1) is 12.7. The Morgan fingerprint density at radius 3 is 1.56 bits per heavy atom. The Morgan fingerprint density at radius 1 is 0.833 bits per heavy atom. The predicted molar refractivity (Wildman–Crippen MR) is 68.3 cm³/mol. The second kappa shape index (κ2) is 5.74. The molecule has 0 aliphatic rings. The molecule has 18 heavy (non-hydrogen) atoms. The second-order valence-corrected chi connectivity index (χ2v) is 4.09. The van der Waals surface area contributed by atoms with E-state index in [-0.39, 0.29) is 17.7 Å². The fourth-order valence-electron chi connectivity index (χ4n) is 1.94. The summed E-state index contributed by atoms with van der Waals surface area (Å²) in [7, 11) is 0. The molecule has 2 aromatic carbocycles. The van der Waals surface area contributed by atoms with Gasteiger partial charge < -0.3 is 5.32 Å². The lowest BCUT2D eigenvalue weighted by Gasteiger charge is -2.19. The molecule has 0 spiro atoms. The van der Waals surface area contributed by atoms with Gasteiger partial charge in [-0.1, -0.05) is 31.2 Å². The first-order chi connectivity index (χ1) is 8.70. The minimum absolute atomic E-state index is 0.0452. The molecule has 94 valence electrons. The topological polar surface area (TPSA) is 12.0 Å². The summed E-state index contributed by atoms with van der Waals surface area (Å²) in [6.07, 6.45) is 0. The van der Waals surface area contributed by atoms with Gasteiger partial charge >= 0.3 is 0 Å². The molecular weight excluding hydrogens is 232 g/mol. The molecule has 2 aromatic rings. The molecular formula is C15H15F2N. The maximum atomic E-state index is 12.9. The van der Waals surface area contributed by atoms with Gasteiger partial charge in [0, 0.05) is 0 Å². The van der Waals surface area contributed by atoms with Crippen LogP contribution in [0.2, 0.25) is 0 Å². The van der Waals surface area contributed by atoms with Crippen molar-refractivity contribution in [3.05, 3.63) is 71.3 Å². The summed E-state index contributed by atoms with van der Waals surface area (Å²) in [6.45, 7) is 2.78. The van der Waals surface area contributed by atoms with Crippen LogP contribution in [0, 0.1) is 11.6 Å². The Labute approximate surface area is 105 Å². The number of halogens is 2. The van der Waals surface area contributed by atoms with Gasteiger partial charge in [-0.15, -0.1) is 0 Å². The van der Waals surface area contributed by atoms with Crippen LogP contribution in [-0.4, -0.2) is 6.54 Å². The Morgan fingerprint density at radius 2 is 1.22 bits per heavy atom. The summed E-state index contributed by atoms with van der Waals surface area (Å²) >= 11 is 0. The lowest BCUT2D eigenvalue weighted by molar-refractivity contribution is 0.607. The third-order valence-corrected chi connectivity index (χ3v) is 2.81. The monoisotopic (exact) mass is 247 g/mol. The highest BCUT2D eigenvalue weighted by Gasteiger charge is 2.12. The molecule has 0 aliphatic carbocycles. The van der Waals surface area contributed by atoms with E-state index in [9.17, 15) is 8.78 Å². The van der Waals surface area contributed by atoms with Crippen LogP contribution in [0.1, 0.15) is 24.1 Å². The predicted octanol–water partition coefficient (Wildman–Crippen LogP) is 3.66. The van der Waals surface area contributed by atoms with Crippen LogP contribution in [0.3, 0.4) is 0 Å². The summed E-state index contributed by atoms with van der Waals surface area (Å²) in [6, 6.07) is 12.7. The van der Waals surface area contributed by atoms with Crippen LogP contribution < -0.4 is 5.32 Å². The van der Waals surface area contributed by atoms with Gasteiger partial charge in [-0.05, 0) is 41.9 Å². The molecule has 0 aliphatic heterocycles. The molecule has 0 aromatic heterocycles. The number of benzene rings is 2. The normalized spacial score (nSPS) is 10.9. The quantitative estimate of drug-likeness (QED) is 0.869. The minimum Gasteiger partial charge on any atom is -0.307 e. The van der Waals surface area contributed by atoms with Gasteiger partial charge in [0.1, 0.15) is 11.6 Å². The molecule has 0 fully saturated rings. The number of hydrogen-bond acceptors (Lipinski definition) is 1. The second-order valence-electron chi connectivity index (χ2n) is 4.09. The molecule has 0 unspecified atom stereocenters. The van der Waals surface area contributed by atoms with Crippen molar-refractivity contribution < 1.29 is 8.78 Å². The number of hydrogen-bond donors (Lipinski definition) is 1. The van der Waals surface area contributed by atoms with Crippen LogP contribution in [-0.2, 0) is 0 Å². The van der Waals surface area contributed by atoms with Crippen molar-refractivity contribution in [3.63, 3.8) is 0 Å². The van der Waals surface area contributed by atoms with Crippen LogP contribution in [0.15, 0.2) is 48.5 Å². The van der Waals surface area contributed by atoms with Crippen LogP contribution in [0.4, 0.5) is 8.78 Å². The standard InChI is InChI=1S/C15H15F2N/c1-2-18-15(11-3-7-13(16)8-4-11)12-5-9-14(17)10-6-12/h3-10,15,18H,2H2,1H3. The van der Waals surface area contributed by atoms with Gasteiger partial charge in [0.25, 0.3) is 0 Å². The van der Waals surface area contributed by atoms with Crippen LogP contribution in [0.5, 0.6) is 0 Å². The number of nitrogens with one attached hydrogen (secondary N) is 1. The highest BCUT2D eigenvalue weighted by molar-refractivity contribution is 5.32. The average molecular weight is 247 g/mol. The molecule has 3 heteroatoms. The summed E-state index contributed by atoms with van der Waals surface area (Å²) in [5.74, 6) is -0.513. The molecule has 0 amide bonds. The Kier molecular flexibility index (Phi) is 4.05. The zero-order chi connectivity index (χ0) is 13.0. The zero-order valence-electron chi connectivity index (χ0n) is 10.2. The van der Waals surface area contributed by atoms with E-state index in [2.05, 4.69) is 5.32 Å². The molecule has 0 atom stereocenters. The molecule has 0 bridgehead atoms. The molecule has 1 N–H and O–H groups in total. The number of rotatable bonds is 4. The highest BCUT2D eigenvalue weighted by Crippen LogP contribution is 2.22. The molecule has 0 radical (unpaired) electrons. The zero-order valence-corrected chi connectivity index (χ0v) is 10.2. The van der Waals surface area contributed by atoms with Crippen molar-refractivity contribution in [1.82, 2.24) is 5.32 Å². The van der Waals surface area contributed by atoms with Crippen molar-refractivity contribution in [2.45, 2.75) is 13.0 Å². The van der Waals surface area contributed by atoms with Gasteiger partial charge in [-0.2, -0.15) is 0 Å². The molecule has 2 rings (SSSR count). The lowest BCUT2D eigenvalue weighted by atomic mass is 9.98. The van der Waals surface area contributed by atoms with E-state index in [1.807, 2.05) is 6.92 Å². The fraction of sp³-hybridized carbons (Fsp3) is 0.200. The first-order valence-corrected chi connectivity index (χ1v) is 5.95. The molecule has 0 saturated heterocycles. The van der Waals surface area contributed by atoms with Gasteiger partial charge in [-0.25, -0.2) is 8.78 Å². The summed E-state index contributed by atoms with van der Waals surface area (Å²) in [5.41, 5.74) is 1.93. The smallest absolute Gasteiger partial charge is 0.123 e. The van der Waals surface area contributed by atoms with Crippen molar-refractivity contribution in [2.75, 3.05) is 6.54 Å². The van der Waals surface area contributed by atoms with Gasteiger partial charge in [-0.3, -0.25) is 0 Å². The van der Waals surface area contributed by atoms with E-state index in [4.69, 9.17) is 0 Å². The van der Waals surface area contributed by atoms with Crippen molar-refractivity contribution in [2.24, 2.45) is 0 Å². The maximum Gasteiger partial charge on any atom is 0.123 e. The third kappa shape index (κ3) is 2.93. The lowest BCUT2D eigenvalue weighted by Crippen LogP contribution is -2.21. The van der Waals surface area contributed by atoms with Crippen molar-refractivity contribution >= 4 is 0 Å². The third-order valence-electron chi connectivity index (χ3n) is 2.81. The van der Waals surface area contributed by atoms with Crippen molar-refractivity contribution in [1.29, 1.82) is 0 Å². The van der Waals surface area contributed by atoms with Crippen LogP contribution >= 0.6 is 0 Å². The van der Waals surface area contributed by atoms with E-state index in [1.165, 1.54) is 24.3 Å². The maximum absolute atomic E-state index is 12.9. The van der Waals surface area contributed by atoms with E-state index in [0.29, 0.717) is 0 Å². The summed E-state index contributed by atoms with van der Waals surface area (Å²) < 4.78 is 25.8. The van der Waals surface area contributed by atoms with E-state index < -0.39 is 0 Å².